The first-order valence-electron chi connectivity index (χ1n) is 19.8. The van der Waals surface area contributed by atoms with Gasteiger partial charge in [-0.3, -0.25) is 0 Å². The van der Waals surface area contributed by atoms with Crippen LogP contribution < -0.4 is 0 Å². The van der Waals surface area contributed by atoms with E-state index in [0.717, 1.165) is 0 Å². The number of alkyl halides is 2. The Morgan fingerprint density at radius 1 is 0.281 bits per heavy atom. The summed E-state index contributed by atoms with van der Waals surface area (Å²) in [6.07, 6.45) is -10.7. The van der Waals surface area contributed by atoms with Gasteiger partial charge in [0.25, 0.3) is 0 Å². The Labute approximate surface area is 385 Å². The molecule has 6 aromatic carbocycles. The highest BCUT2D eigenvalue weighted by atomic mass is 79.9. The number of halogens is 2. The van der Waals surface area contributed by atoms with Crippen molar-refractivity contribution in [1.82, 2.24) is 0 Å². The van der Waals surface area contributed by atoms with Crippen LogP contribution in [0.5, 0.6) is 0 Å². The molecule has 0 saturated carbocycles. The van der Waals surface area contributed by atoms with Crippen molar-refractivity contribution in [3.8, 4) is 0 Å². The van der Waals surface area contributed by atoms with Crippen LogP contribution in [0.4, 0.5) is 0 Å². The highest BCUT2D eigenvalue weighted by Crippen LogP contribution is 2.30. The predicted octanol–water partition coefficient (Wildman–Crippen LogP) is 9.13. The van der Waals surface area contributed by atoms with E-state index >= 15 is 0 Å². The van der Waals surface area contributed by atoms with E-state index in [-0.39, 0.29) is 44.0 Å². The molecule has 0 unspecified atom stereocenters. The fourth-order valence-electron chi connectivity index (χ4n) is 6.35. The largest absolute Gasteiger partial charge is 0.454 e. The van der Waals surface area contributed by atoms with Crippen LogP contribution in [0.1, 0.15) is 62.1 Å². The lowest BCUT2D eigenvalue weighted by molar-refractivity contribution is -0.157. The first-order valence-corrected chi connectivity index (χ1v) is 22.1. The van der Waals surface area contributed by atoms with Crippen LogP contribution in [0.25, 0.3) is 0 Å². The Morgan fingerprint density at radius 3 is 0.641 bits per heavy atom. The van der Waals surface area contributed by atoms with E-state index < -0.39 is 72.4 Å². The molecule has 6 atom stereocenters. The van der Waals surface area contributed by atoms with Gasteiger partial charge >= 0.3 is 35.8 Å². The number of carbonyl (C=O) groups is 6. The van der Waals surface area contributed by atoms with E-state index in [1.165, 1.54) is 72.8 Å². The van der Waals surface area contributed by atoms with Crippen molar-refractivity contribution in [2.45, 2.75) is 36.6 Å². The molecule has 0 aliphatic carbocycles. The molecule has 0 aromatic heterocycles. The minimum absolute atomic E-state index is 0.0239. The molecule has 14 heteroatoms. The highest BCUT2D eigenvalue weighted by Gasteiger charge is 2.51. The average Bonchev–Trinajstić information content (AvgIpc) is 3.36. The standard InChI is InChI=1S/C50H40Br2O12/c51-31-39(59-45(53)33-19-7-1-8-20-33)41(61-47(55)35-23-11-3-12-24-35)43(63-49(57)37-27-15-5-16-28-37)44(64-50(58)38-29-17-6-18-30-38)42(62-48(56)36-25-13-4-14-26-36)40(32-52)60-46(54)34-21-9-2-10-22-34/h1-30,39-44H,31-32H2/t39-,40-,41+,42+,43+,44+/m1/s1. The highest BCUT2D eigenvalue weighted by molar-refractivity contribution is 9.09. The number of hydrogen-bond acceptors (Lipinski definition) is 12. The van der Waals surface area contributed by atoms with E-state index in [1.54, 1.807) is 109 Å². The Kier molecular flexibility index (Phi) is 17.1. The third-order valence-corrected chi connectivity index (χ3v) is 10.8. The molecule has 0 aliphatic heterocycles. The van der Waals surface area contributed by atoms with Crippen LogP contribution >= 0.6 is 31.9 Å². The maximum atomic E-state index is 14.4. The van der Waals surface area contributed by atoms with Crippen LogP contribution in [-0.4, -0.2) is 83.1 Å². The predicted molar refractivity (Wildman–Crippen MR) is 241 cm³/mol. The molecule has 12 nitrogen and oxygen atoms in total. The third kappa shape index (κ3) is 12.6. The SMILES string of the molecule is O=C(O[C@H]([C@@H](OC(=O)c1ccccc1)[C@@H](OC(=O)c1ccccc1)[C@@H](CBr)OC(=O)c1ccccc1)[C@@H](OC(=O)c1ccccc1)[C@@H](CBr)OC(=O)c1ccccc1)c1ccccc1. The van der Waals surface area contributed by atoms with E-state index in [2.05, 4.69) is 31.9 Å². The Hall–Kier alpha value is -6.90. The Balaban J connectivity index is 1.57. The minimum atomic E-state index is -2.00. The van der Waals surface area contributed by atoms with E-state index in [0.29, 0.717) is 0 Å². The van der Waals surface area contributed by atoms with Crippen molar-refractivity contribution in [3.05, 3.63) is 215 Å². The fraction of sp³-hybridized carbons (Fsp3) is 0.160. The second-order valence-electron chi connectivity index (χ2n) is 13.9. The molecule has 0 radical (unpaired) electrons. The summed E-state index contributed by atoms with van der Waals surface area (Å²) in [7, 11) is 0. The second kappa shape index (κ2) is 23.5. The van der Waals surface area contributed by atoms with Crippen molar-refractivity contribution in [1.29, 1.82) is 0 Å². The van der Waals surface area contributed by atoms with Gasteiger partial charge in [0, 0.05) is 10.7 Å². The lowest BCUT2D eigenvalue weighted by Gasteiger charge is -2.39. The number of benzene rings is 6. The quantitative estimate of drug-likeness (QED) is 0.0431. The van der Waals surface area contributed by atoms with Gasteiger partial charge in [-0.25, -0.2) is 28.8 Å². The molecule has 0 fully saturated rings. The molecular formula is C50H40Br2O12. The number of hydrogen-bond donors (Lipinski definition) is 0. The molecule has 0 heterocycles. The van der Waals surface area contributed by atoms with Gasteiger partial charge in [0.1, 0.15) is 0 Å². The van der Waals surface area contributed by atoms with E-state index in [1.807, 2.05) is 0 Å². The van der Waals surface area contributed by atoms with Gasteiger partial charge in [0.2, 0.25) is 0 Å². The molecule has 0 saturated heterocycles. The summed E-state index contributed by atoms with van der Waals surface area (Å²) in [5, 5.41) is -0.479. The van der Waals surface area contributed by atoms with Gasteiger partial charge in [-0.2, -0.15) is 0 Å². The fourth-order valence-corrected chi connectivity index (χ4v) is 7.35. The van der Waals surface area contributed by atoms with Crippen molar-refractivity contribution in [2.24, 2.45) is 0 Å². The topological polar surface area (TPSA) is 158 Å². The normalized spacial score (nSPS) is 13.6. The second-order valence-corrected chi connectivity index (χ2v) is 15.2. The summed E-state index contributed by atoms with van der Waals surface area (Å²) in [4.78, 5) is 84.8. The molecule has 0 bridgehead atoms. The maximum Gasteiger partial charge on any atom is 0.338 e. The van der Waals surface area contributed by atoms with Gasteiger partial charge < -0.3 is 28.4 Å². The van der Waals surface area contributed by atoms with Crippen LogP contribution in [0.3, 0.4) is 0 Å². The van der Waals surface area contributed by atoms with E-state index in [4.69, 9.17) is 28.4 Å². The Bertz CT molecular complexity index is 2290. The van der Waals surface area contributed by atoms with Crippen molar-refractivity contribution < 1.29 is 57.2 Å². The first kappa shape index (κ1) is 46.6. The van der Waals surface area contributed by atoms with Gasteiger partial charge in [-0.05, 0) is 72.8 Å². The zero-order chi connectivity index (χ0) is 45.3. The smallest absolute Gasteiger partial charge is 0.338 e. The van der Waals surface area contributed by atoms with Crippen LogP contribution in [0.2, 0.25) is 0 Å². The van der Waals surface area contributed by atoms with Gasteiger partial charge in [0.15, 0.2) is 36.6 Å². The van der Waals surface area contributed by atoms with Gasteiger partial charge in [0.05, 0.1) is 33.4 Å². The number of carbonyl (C=O) groups excluding carboxylic acids is 6. The lowest BCUT2D eigenvalue weighted by Crippen LogP contribution is -2.59. The monoisotopic (exact) mass is 990 g/mol. The molecule has 0 N–H and O–H groups in total. The number of rotatable bonds is 19. The van der Waals surface area contributed by atoms with Crippen molar-refractivity contribution >= 4 is 67.7 Å². The van der Waals surface area contributed by atoms with E-state index in [9.17, 15) is 28.8 Å². The van der Waals surface area contributed by atoms with Gasteiger partial charge in [-0.1, -0.05) is 141 Å². The molecule has 6 rings (SSSR count). The summed E-state index contributed by atoms with van der Waals surface area (Å²) in [5.74, 6) is -5.60. The third-order valence-electron chi connectivity index (χ3n) is 9.55. The van der Waals surface area contributed by atoms with Gasteiger partial charge in [-0.15, -0.1) is 0 Å². The summed E-state index contributed by atoms with van der Waals surface area (Å²) in [6, 6.07) is 47.2. The van der Waals surface area contributed by atoms with Crippen molar-refractivity contribution in [3.63, 3.8) is 0 Å². The van der Waals surface area contributed by atoms with Crippen molar-refractivity contribution in [2.75, 3.05) is 10.7 Å². The Morgan fingerprint density at radius 2 is 0.453 bits per heavy atom. The zero-order valence-electron chi connectivity index (χ0n) is 33.9. The molecule has 326 valence electrons. The number of ether oxygens (including phenoxy) is 6. The maximum absolute atomic E-state index is 14.4. The average molecular weight is 993 g/mol. The molecule has 0 spiro atoms. The van der Waals surface area contributed by atoms with Crippen LogP contribution in [0.15, 0.2) is 182 Å². The number of esters is 6. The molecule has 6 aromatic rings. The summed E-state index contributed by atoms with van der Waals surface area (Å²) < 4.78 is 37.1. The zero-order valence-corrected chi connectivity index (χ0v) is 37.0. The summed E-state index contributed by atoms with van der Waals surface area (Å²) in [5.41, 5.74) is 0.431. The molecule has 64 heavy (non-hydrogen) atoms. The molecule has 0 amide bonds. The van der Waals surface area contributed by atoms with Crippen LogP contribution in [-0.2, 0) is 28.4 Å². The first-order chi connectivity index (χ1) is 31.2. The summed E-state index contributed by atoms with van der Waals surface area (Å²) >= 11 is 6.82. The van der Waals surface area contributed by atoms with Crippen LogP contribution in [0, 0.1) is 0 Å². The molecule has 0 aliphatic rings. The minimum Gasteiger partial charge on any atom is -0.454 e. The summed E-state index contributed by atoms with van der Waals surface area (Å²) in [6.45, 7) is 0. The lowest BCUT2D eigenvalue weighted by atomic mass is 9.95. The molecular weight excluding hydrogens is 952 g/mol.